The van der Waals surface area contributed by atoms with Crippen molar-refractivity contribution in [2.24, 2.45) is 0 Å². The highest BCUT2D eigenvalue weighted by atomic mass is 32.1. The number of hydrogen-bond acceptors (Lipinski definition) is 6. The molecule has 0 atom stereocenters. The number of thiophene rings is 1. The van der Waals surface area contributed by atoms with Crippen molar-refractivity contribution in [1.29, 1.82) is 0 Å². The van der Waals surface area contributed by atoms with E-state index in [4.69, 9.17) is 13.6 Å². The molecule has 0 unspecified atom stereocenters. The van der Waals surface area contributed by atoms with Gasteiger partial charge in [-0.15, -0.1) is 11.3 Å². The fourth-order valence-electron chi connectivity index (χ4n) is 3.26. The van der Waals surface area contributed by atoms with Gasteiger partial charge in [-0.25, -0.2) is 9.59 Å². The van der Waals surface area contributed by atoms with Crippen LogP contribution in [0, 0.1) is 6.92 Å². The van der Waals surface area contributed by atoms with Gasteiger partial charge >= 0.3 is 11.6 Å². The quantitative estimate of drug-likeness (QED) is 0.217. The molecule has 3 heterocycles. The maximum Gasteiger partial charge on any atom is 0.353 e. The van der Waals surface area contributed by atoms with Gasteiger partial charge in [-0.05, 0) is 48.2 Å². The molecule has 0 saturated heterocycles. The number of carbonyl (C=O) groups is 1. The average Bonchev–Trinajstić information content (AvgIpc) is 3.38. The molecule has 0 amide bonds. The van der Waals surface area contributed by atoms with Gasteiger partial charge in [-0.1, -0.05) is 24.3 Å². The molecule has 0 radical (unpaired) electrons. The van der Waals surface area contributed by atoms with Gasteiger partial charge in [0.2, 0.25) is 0 Å². The summed E-state index contributed by atoms with van der Waals surface area (Å²) in [5, 5.41) is 3.38. The number of hydrogen-bond donors (Lipinski definition) is 0. The van der Waals surface area contributed by atoms with Crippen molar-refractivity contribution in [2.75, 3.05) is 0 Å². The van der Waals surface area contributed by atoms with Crippen molar-refractivity contribution < 1.29 is 18.4 Å². The molecule has 5 nitrogen and oxygen atoms in total. The lowest BCUT2D eigenvalue weighted by atomic mass is 10.0. The Morgan fingerprint density at radius 3 is 2.62 bits per heavy atom. The number of carbonyl (C=O) groups excluding carboxylic acids is 1. The molecule has 3 aromatic heterocycles. The standard InChI is InChI=1S/C23H14O5S/c1-13-9-19-15(11-18(13)28-23(25)21-7-4-8-29-21)16(12-22(24)27-19)20-10-14-5-2-3-6-17(14)26-20/h2-12H,1H3. The summed E-state index contributed by atoms with van der Waals surface area (Å²) in [4.78, 5) is 25.0. The SMILES string of the molecule is Cc1cc2oc(=O)cc(-c3cc4ccccc4o3)c2cc1OC(=O)c1cccs1. The summed E-state index contributed by atoms with van der Waals surface area (Å²) in [6.07, 6.45) is 0. The highest BCUT2D eigenvalue weighted by Crippen LogP contribution is 2.35. The minimum atomic E-state index is -0.476. The van der Waals surface area contributed by atoms with E-state index in [0.717, 1.165) is 11.0 Å². The summed E-state index contributed by atoms with van der Waals surface area (Å²) in [5.41, 5.74) is 1.92. The van der Waals surface area contributed by atoms with Crippen LogP contribution in [0.25, 0.3) is 33.3 Å². The molecule has 0 N–H and O–H groups in total. The molecule has 6 heteroatoms. The first kappa shape index (κ1) is 17.5. The molecule has 5 aromatic rings. The second-order valence-corrected chi connectivity index (χ2v) is 7.56. The number of ether oxygens (including phenoxy) is 1. The second kappa shape index (κ2) is 6.76. The van der Waals surface area contributed by atoms with Crippen LogP contribution in [-0.2, 0) is 0 Å². The zero-order valence-electron chi connectivity index (χ0n) is 15.3. The van der Waals surface area contributed by atoms with Crippen molar-refractivity contribution in [1.82, 2.24) is 0 Å². The third-order valence-corrected chi connectivity index (χ3v) is 5.51. The van der Waals surface area contributed by atoms with E-state index in [1.165, 1.54) is 17.4 Å². The van der Waals surface area contributed by atoms with Crippen LogP contribution in [-0.4, -0.2) is 5.97 Å². The van der Waals surface area contributed by atoms with E-state index in [1.54, 1.807) is 31.2 Å². The van der Waals surface area contributed by atoms with Crippen LogP contribution >= 0.6 is 11.3 Å². The number of para-hydroxylation sites is 1. The number of esters is 1. The Hall–Kier alpha value is -3.64. The van der Waals surface area contributed by atoms with E-state index in [9.17, 15) is 9.59 Å². The summed E-state index contributed by atoms with van der Waals surface area (Å²) in [6.45, 7) is 1.80. The number of fused-ring (bicyclic) bond motifs is 2. The summed E-state index contributed by atoms with van der Waals surface area (Å²) in [6, 6.07) is 17.8. The third-order valence-electron chi connectivity index (χ3n) is 4.66. The normalized spacial score (nSPS) is 11.2. The minimum Gasteiger partial charge on any atom is -0.456 e. The first-order valence-electron chi connectivity index (χ1n) is 8.91. The summed E-state index contributed by atoms with van der Waals surface area (Å²) in [5.74, 6) is 0.524. The molecule has 0 aliphatic rings. The lowest BCUT2D eigenvalue weighted by molar-refractivity contribution is 0.0739. The molecular weight excluding hydrogens is 388 g/mol. The number of aryl methyl sites for hydroxylation is 1. The molecule has 0 aliphatic carbocycles. The fourth-order valence-corrected chi connectivity index (χ4v) is 3.86. The van der Waals surface area contributed by atoms with Crippen molar-refractivity contribution in [3.63, 3.8) is 0 Å². The minimum absolute atomic E-state index is 0.404. The topological polar surface area (TPSA) is 69.7 Å². The van der Waals surface area contributed by atoms with Gasteiger partial charge in [0.25, 0.3) is 0 Å². The van der Waals surface area contributed by atoms with E-state index in [-0.39, 0.29) is 0 Å². The van der Waals surface area contributed by atoms with Crippen molar-refractivity contribution in [3.05, 3.63) is 86.9 Å². The lowest BCUT2D eigenvalue weighted by Crippen LogP contribution is -2.07. The van der Waals surface area contributed by atoms with Crippen LogP contribution in [0.5, 0.6) is 5.75 Å². The van der Waals surface area contributed by atoms with Crippen LogP contribution < -0.4 is 10.4 Å². The Labute approximate surface area is 168 Å². The predicted molar refractivity (Wildman–Crippen MR) is 112 cm³/mol. The third kappa shape index (κ3) is 3.13. The van der Waals surface area contributed by atoms with Crippen LogP contribution in [0.2, 0.25) is 0 Å². The van der Waals surface area contributed by atoms with Crippen molar-refractivity contribution >= 4 is 39.2 Å². The second-order valence-electron chi connectivity index (χ2n) is 6.61. The summed E-state index contributed by atoms with van der Waals surface area (Å²) in [7, 11) is 0. The molecule has 0 fully saturated rings. The smallest absolute Gasteiger partial charge is 0.353 e. The van der Waals surface area contributed by atoms with Gasteiger partial charge < -0.3 is 13.6 Å². The molecule has 29 heavy (non-hydrogen) atoms. The molecule has 0 saturated carbocycles. The molecular formula is C23H14O5S. The molecule has 0 bridgehead atoms. The van der Waals surface area contributed by atoms with Gasteiger partial charge in [-0.2, -0.15) is 0 Å². The van der Waals surface area contributed by atoms with E-state index in [2.05, 4.69) is 0 Å². The van der Waals surface area contributed by atoms with Crippen LogP contribution in [0.3, 0.4) is 0 Å². The number of furan rings is 1. The van der Waals surface area contributed by atoms with Gasteiger partial charge in [0, 0.05) is 22.4 Å². The molecule has 2 aromatic carbocycles. The monoisotopic (exact) mass is 402 g/mol. The Morgan fingerprint density at radius 1 is 0.966 bits per heavy atom. The predicted octanol–water partition coefficient (Wildman–Crippen LogP) is 5.80. The highest BCUT2D eigenvalue weighted by Gasteiger charge is 2.17. The van der Waals surface area contributed by atoms with Crippen LogP contribution in [0.1, 0.15) is 15.2 Å². The largest absolute Gasteiger partial charge is 0.456 e. The van der Waals surface area contributed by atoms with E-state index in [1.807, 2.05) is 35.7 Å². The Morgan fingerprint density at radius 2 is 1.83 bits per heavy atom. The summed E-state index contributed by atoms with van der Waals surface area (Å²) < 4.78 is 16.9. The van der Waals surface area contributed by atoms with Gasteiger partial charge in [0.1, 0.15) is 27.6 Å². The van der Waals surface area contributed by atoms with Gasteiger partial charge in [0.15, 0.2) is 0 Å². The van der Waals surface area contributed by atoms with Gasteiger partial charge in [-0.3, -0.25) is 0 Å². The average molecular weight is 402 g/mol. The van der Waals surface area contributed by atoms with Crippen LogP contribution in [0.4, 0.5) is 0 Å². The highest BCUT2D eigenvalue weighted by molar-refractivity contribution is 7.12. The zero-order chi connectivity index (χ0) is 20.0. The van der Waals surface area contributed by atoms with E-state index in [0.29, 0.717) is 38.5 Å². The number of rotatable bonds is 3. The Kier molecular flexibility index (Phi) is 4.07. The number of benzene rings is 2. The summed E-state index contributed by atoms with van der Waals surface area (Å²) >= 11 is 1.31. The Balaban J connectivity index is 1.67. The lowest BCUT2D eigenvalue weighted by Gasteiger charge is -2.09. The van der Waals surface area contributed by atoms with Crippen molar-refractivity contribution in [2.45, 2.75) is 6.92 Å². The molecule has 0 spiro atoms. The maximum atomic E-state index is 12.4. The Bertz CT molecular complexity index is 1390. The first-order chi connectivity index (χ1) is 14.1. The van der Waals surface area contributed by atoms with Crippen LogP contribution in [0.15, 0.2) is 79.7 Å². The molecule has 5 rings (SSSR count). The molecule has 0 aliphatic heterocycles. The first-order valence-corrected chi connectivity index (χ1v) is 9.79. The molecule has 142 valence electrons. The zero-order valence-corrected chi connectivity index (χ0v) is 16.1. The van der Waals surface area contributed by atoms with E-state index < -0.39 is 11.6 Å². The van der Waals surface area contributed by atoms with E-state index >= 15 is 0 Å². The fraction of sp³-hybridized carbons (Fsp3) is 0.0435. The maximum absolute atomic E-state index is 12.4. The van der Waals surface area contributed by atoms with Crippen molar-refractivity contribution in [3.8, 4) is 17.1 Å². The van der Waals surface area contributed by atoms with Gasteiger partial charge in [0.05, 0.1) is 0 Å².